The molecule has 4 heteroatoms. The summed E-state index contributed by atoms with van der Waals surface area (Å²) in [6.45, 7) is -0.977. The summed E-state index contributed by atoms with van der Waals surface area (Å²) in [7, 11) is 0. The van der Waals surface area contributed by atoms with Gasteiger partial charge < -0.3 is 9.47 Å². The minimum atomic E-state index is -0.885. The Kier molecular flexibility index (Phi) is 3.75. The number of rotatable bonds is 3. The second-order valence-electron chi connectivity index (χ2n) is 2.20. The van der Waals surface area contributed by atoms with Gasteiger partial charge >= 0.3 is 6.16 Å². The molecule has 1 aromatic rings. The summed E-state index contributed by atoms with van der Waals surface area (Å²) in [4.78, 5) is 10.8. The van der Waals surface area contributed by atoms with Crippen LogP contribution in [0.25, 0.3) is 0 Å². The van der Waals surface area contributed by atoms with Gasteiger partial charge in [0.1, 0.15) is 19.0 Å². The Bertz CT molecular complexity index is 261. The van der Waals surface area contributed by atoms with Crippen molar-refractivity contribution in [1.29, 1.82) is 0 Å². The molecular weight excluding hydrogens is 175 g/mol. The van der Waals surface area contributed by atoms with Gasteiger partial charge in [-0.15, -0.1) is 0 Å². The van der Waals surface area contributed by atoms with Gasteiger partial charge in [0, 0.05) is 0 Å². The number of para-hydroxylation sites is 1. The maximum absolute atomic E-state index is 11.6. The van der Waals surface area contributed by atoms with E-state index in [1.165, 1.54) is 0 Å². The Morgan fingerprint density at radius 1 is 1.31 bits per heavy atom. The van der Waals surface area contributed by atoms with Gasteiger partial charge in [-0.2, -0.15) is 0 Å². The average molecular weight is 184 g/mol. The largest absolute Gasteiger partial charge is 0.513 e. The van der Waals surface area contributed by atoms with Crippen LogP contribution in [0.15, 0.2) is 30.3 Å². The average Bonchev–Trinajstić information content (AvgIpc) is 2.16. The molecule has 0 saturated carbocycles. The van der Waals surface area contributed by atoms with Gasteiger partial charge in [0.15, 0.2) is 0 Å². The van der Waals surface area contributed by atoms with Crippen molar-refractivity contribution in [1.82, 2.24) is 0 Å². The lowest BCUT2D eigenvalue weighted by Gasteiger charge is -2.02. The van der Waals surface area contributed by atoms with Crippen LogP contribution in [-0.4, -0.2) is 19.4 Å². The fourth-order valence-electron chi connectivity index (χ4n) is 0.736. The monoisotopic (exact) mass is 184 g/mol. The summed E-state index contributed by atoms with van der Waals surface area (Å²) < 4.78 is 20.6. The Labute approximate surface area is 75.1 Å². The molecule has 70 valence electrons. The van der Waals surface area contributed by atoms with E-state index in [0.717, 1.165) is 0 Å². The van der Waals surface area contributed by atoms with Crippen LogP contribution in [0.2, 0.25) is 0 Å². The molecule has 0 N–H and O–H groups in total. The van der Waals surface area contributed by atoms with Crippen molar-refractivity contribution >= 4 is 6.16 Å². The quantitative estimate of drug-likeness (QED) is 0.533. The first kappa shape index (κ1) is 9.51. The maximum Gasteiger partial charge on any atom is 0.513 e. The van der Waals surface area contributed by atoms with Crippen LogP contribution >= 0.6 is 0 Å². The molecule has 0 aliphatic rings. The molecule has 0 aromatic heterocycles. The second kappa shape index (κ2) is 5.13. The second-order valence-corrected chi connectivity index (χ2v) is 2.20. The first-order valence-electron chi connectivity index (χ1n) is 3.78. The zero-order valence-corrected chi connectivity index (χ0v) is 6.90. The van der Waals surface area contributed by atoms with Gasteiger partial charge in [-0.1, -0.05) is 18.2 Å². The van der Waals surface area contributed by atoms with Crippen molar-refractivity contribution < 1.29 is 18.7 Å². The Balaban J connectivity index is 2.37. The number of carbonyl (C=O) groups excluding carboxylic acids is 1. The molecule has 0 bridgehead atoms. The van der Waals surface area contributed by atoms with Crippen molar-refractivity contribution in [2.45, 2.75) is 0 Å². The van der Waals surface area contributed by atoms with Crippen LogP contribution in [0.1, 0.15) is 0 Å². The molecule has 0 aliphatic heterocycles. The first-order chi connectivity index (χ1) is 6.33. The van der Waals surface area contributed by atoms with Crippen LogP contribution in [0, 0.1) is 0 Å². The number of benzene rings is 1. The molecule has 0 spiro atoms. The summed E-state index contributed by atoms with van der Waals surface area (Å²) in [6.07, 6.45) is -0.885. The molecule has 0 fully saturated rings. The molecule has 13 heavy (non-hydrogen) atoms. The van der Waals surface area contributed by atoms with E-state index in [0.29, 0.717) is 5.75 Å². The number of hydrogen-bond donors (Lipinski definition) is 0. The van der Waals surface area contributed by atoms with Gasteiger partial charge in [-0.3, -0.25) is 0 Å². The van der Waals surface area contributed by atoms with E-state index in [1.54, 1.807) is 30.3 Å². The van der Waals surface area contributed by atoms with E-state index >= 15 is 0 Å². The maximum atomic E-state index is 11.6. The highest BCUT2D eigenvalue weighted by Gasteiger charge is 2.03. The number of carbonyl (C=O) groups is 1. The highest BCUT2D eigenvalue weighted by molar-refractivity contribution is 5.63. The summed E-state index contributed by atoms with van der Waals surface area (Å²) in [5.74, 6) is 0.381. The molecule has 0 atom stereocenters. The zero-order chi connectivity index (χ0) is 9.52. The van der Waals surface area contributed by atoms with Crippen LogP contribution in [-0.2, 0) is 4.74 Å². The van der Waals surface area contributed by atoms with Gasteiger partial charge in [-0.25, -0.2) is 9.18 Å². The molecule has 0 aliphatic carbocycles. The summed E-state index contributed by atoms with van der Waals surface area (Å²) in [6, 6.07) is 8.45. The Morgan fingerprint density at radius 3 is 2.62 bits per heavy atom. The molecule has 3 nitrogen and oxygen atoms in total. The van der Waals surface area contributed by atoms with Crippen molar-refractivity contribution in [3.05, 3.63) is 30.3 Å². The third-order valence-electron chi connectivity index (χ3n) is 1.24. The van der Waals surface area contributed by atoms with E-state index in [2.05, 4.69) is 9.47 Å². The van der Waals surface area contributed by atoms with Gasteiger partial charge in [-0.05, 0) is 12.1 Å². The normalized spacial score (nSPS) is 9.31. The summed E-state index contributed by atoms with van der Waals surface area (Å²) >= 11 is 0. The number of ether oxygens (including phenoxy) is 2. The van der Waals surface area contributed by atoms with Crippen molar-refractivity contribution in [3.63, 3.8) is 0 Å². The molecule has 0 amide bonds. The van der Waals surface area contributed by atoms with Gasteiger partial charge in [0.05, 0.1) is 0 Å². The smallest absolute Gasteiger partial charge is 0.431 e. The third-order valence-corrected chi connectivity index (χ3v) is 1.24. The van der Waals surface area contributed by atoms with Crippen molar-refractivity contribution in [2.24, 2.45) is 0 Å². The van der Waals surface area contributed by atoms with E-state index in [-0.39, 0.29) is 6.61 Å². The molecule has 0 saturated heterocycles. The molecular formula is C9H9FO3. The molecule has 0 heterocycles. The lowest BCUT2D eigenvalue weighted by Crippen LogP contribution is -2.11. The first-order valence-corrected chi connectivity index (χ1v) is 3.78. The van der Waals surface area contributed by atoms with Crippen molar-refractivity contribution in [3.8, 4) is 5.75 Å². The predicted octanol–water partition coefficient (Wildman–Crippen LogP) is 2.17. The minimum Gasteiger partial charge on any atom is -0.431 e. The standard InChI is InChI=1S/C9H9FO3/c10-6-7-12-9(11)13-8-4-2-1-3-5-8/h1-5H,6-7H2. The molecule has 0 radical (unpaired) electrons. The zero-order valence-electron chi connectivity index (χ0n) is 6.90. The summed E-state index contributed by atoms with van der Waals surface area (Å²) in [5, 5.41) is 0. The van der Waals surface area contributed by atoms with E-state index in [4.69, 9.17) is 0 Å². The van der Waals surface area contributed by atoms with Crippen LogP contribution in [0.4, 0.5) is 9.18 Å². The van der Waals surface area contributed by atoms with Crippen LogP contribution in [0.5, 0.6) is 5.75 Å². The predicted molar refractivity (Wildman–Crippen MR) is 44.4 cm³/mol. The lowest BCUT2D eigenvalue weighted by atomic mass is 10.3. The number of halogens is 1. The molecule has 1 aromatic carbocycles. The highest BCUT2D eigenvalue weighted by atomic mass is 19.1. The lowest BCUT2D eigenvalue weighted by molar-refractivity contribution is 0.0930. The van der Waals surface area contributed by atoms with Gasteiger partial charge in [0.25, 0.3) is 0 Å². The highest BCUT2D eigenvalue weighted by Crippen LogP contribution is 2.08. The Hall–Kier alpha value is -1.58. The topological polar surface area (TPSA) is 35.5 Å². The van der Waals surface area contributed by atoms with E-state index < -0.39 is 12.8 Å². The molecule has 0 unspecified atom stereocenters. The van der Waals surface area contributed by atoms with E-state index in [1.807, 2.05) is 0 Å². The number of hydrogen-bond acceptors (Lipinski definition) is 3. The Morgan fingerprint density at radius 2 is 2.00 bits per heavy atom. The minimum absolute atomic E-state index is 0.272. The fraction of sp³-hybridized carbons (Fsp3) is 0.222. The van der Waals surface area contributed by atoms with E-state index in [9.17, 15) is 9.18 Å². The summed E-state index contributed by atoms with van der Waals surface area (Å²) in [5.41, 5.74) is 0. The van der Waals surface area contributed by atoms with Crippen molar-refractivity contribution in [2.75, 3.05) is 13.3 Å². The van der Waals surface area contributed by atoms with Crippen LogP contribution in [0.3, 0.4) is 0 Å². The molecule has 1 rings (SSSR count). The SMILES string of the molecule is O=C(OCCF)Oc1ccccc1. The number of alkyl halides is 1. The fourth-order valence-corrected chi connectivity index (χ4v) is 0.736. The van der Waals surface area contributed by atoms with Crippen LogP contribution < -0.4 is 4.74 Å². The third kappa shape index (κ3) is 3.55. The van der Waals surface area contributed by atoms with Gasteiger partial charge in [0.2, 0.25) is 0 Å².